The van der Waals surface area contributed by atoms with Gasteiger partial charge in [-0.3, -0.25) is 14.8 Å². The van der Waals surface area contributed by atoms with Crippen molar-refractivity contribution < 1.29 is 20.0 Å². The van der Waals surface area contributed by atoms with E-state index in [1.165, 1.54) is 6.08 Å². The molecule has 0 radical (unpaired) electrons. The number of hydroxylamine groups is 2. The average Bonchev–Trinajstić information content (AvgIpc) is 2.44. The van der Waals surface area contributed by atoms with Gasteiger partial charge in [-0.15, -0.1) is 5.06 Å². The van der Waals surface area contributed by atoms with Crippen molar-refractivity contribution >= 4 is 17.5 Å². The highest BCUT2D eigenvalue weighted by Crippen LogP contribution is 2.26. The molecule has 14 heavy (non-hydrogen) atoms. The zero-order chi connectivity index (χ0) is 10.3. The minimum Gasteiger partial charge on any atom is -0.411 e. The zero-order valence-corrected chi connectivity index (χ0v) is 6.97. The van der Waals surface area contributed by atoms with Crippen molar-refractivity contribution in [2.24, 2.45) is 5.16 Å². The fourth-order valence-corrected chi connectivity index (χ4v) is 1.45. The summed E-state index contributed by atoms with van der Waals surface area (Å²) in [6.07, 6.45) is 3.28. The standard InChI is InChI=1S/C8H6N2O4/c11-7-4-2-1-3-5(9-13)6(4)8(12)10(7)14/h1-2,13-14H,3H2. The molecule has 0 saturated carbocycles. The van der Waals surface area contributed by atoms with Gasteiger partial charge in [0, 0.05) is 6.42 Å². The molecule has 1 heterocycles. The van der Waals surface area contributed by atoms with Crippen LogP contribution in [-0.2, 0) is 9.59 Å². The van der Waals surface area contributed by atoms with Crippen LogP contribution in [0, 0.1) is 0 Å². The number of oxime groups is 1. The summed E-state index contributed by atoms with van der Waals surface area (Å²) in [4.78, 5) is 22.5. The van der Waals surface area contributed by atoms with Crippen LogP contribution in [0.1, 0.15) is 6.42 Å². The first kappa shape index (κ1) is 8.64. The Balaban J connectivity index is 2.59. The molecule has 0 atom stereocenters. The lowest BCUT2D eigenvalue weighted by Gasteiger charge is -2.05. The molecule has 1 aliphatic carbocycles. The summed E-state index contributed by atoms with van der Waals surface area (Å²) >= 11 is 0. The van der Waals surface area contributed by atoms with E-state index in [0.717, 1.165) is 0 Å². The topological polar surface area (TPSA) is 90.2 Å². The highest BCUT2D eigenvalue weighted by atomic mass is 16.5. The van der Waals surface area contributed by atoms with E-state index in [9.17, 15) is 9.59 Å². The van der Waals surface area contributed by atoms with Crippen LogP contribution in [-0.4, -0.2) is 33.0 Å². The molecule has 6 heteroatoms. The first-order valence-electron chi connectivity index (χ1n) is 3.86. The molecular weight excluding hydrogens is 188 g/mol. The predicted octanol–water partition coefficient (Wildman–Crippen LogP) is -0.169. The van der Waals surface area contributed by atoms with Gasteiger partial charge in [0.05, 0.1) is 16.9 Å². The van der Waals surface area contributed by atoms with Gasteiger partial charge >= 0.3 is 0 Å². The molecule has 1 aliphatic heterocycles. The third-order valence-corrected chi connectivity index (χ3v) is 2.10. The quantitative estimate of drug-likeness (QED) is 0.242. The number of rotatable bonds is 0. The molecule has 0 saturated heterocycles. The summed E-state index contributed by atoms with van der Waals surface area (Å²) in [5.41, 5.74) is 0.136. The maximum Gasteiger partial charge on any atom is 0.287 e. The smallest absolute Gasteiger partial charge is 0.287 e. The van der Waals surface area contributed by atoms with E-state index in [1.54, 1.807) is 6.08 Å². The molecule has 0 unspecified atom stereocenters. The van der Waals surface area contributed by atoms with Crippen LogP contribution in [0.2, 0.25) is 0 Å². The maximum atomic E-state index is 11.3. The molecule has 0 fully saturated rings. The summed E-state index contributed by atoms with van der Waals surface area (Å²) in [5.74, 6) is -1.63. The molecule has 2 amide bonds. The SMILES string of the molecule is O=C1C2=C(C(=O)N1O)C(=NO)CC=C2. The molecule has 72 valence electrons. The van der Waals surface area contributed by atoms with Crippen molar-refractivity contribution in [1.82, 2.24) is 5.06 Å². The Labute approximate surface area is 78.4 Å². The van der Waals surface area contributed by atoms with E-state index in [0.29, 0.717) is 0 Å². The second-order valence-electron chi connectivity index (χ2n) is 2.86. The van der Waals surface area contributed by atoms with Gasteiger partial charge in [0.1, 0.15) is 0 Å². The molecule has 0 aromatic rings. The second kappa shape index (κ2) is 2.78. The normalized spacial score (nSPS) is 23.8. The lowest BCUT2D eigenvalue weighted by atomic mass is 9.97. The Morgan fingerprint density at radius 2 is 2.07 bits per heavy atom. The zero-order valence-electron chi connectivity index (χ0n) is 6.97. The van der Waals surface area contributed by atoms with Gasteiger partial charge in [0.25, 0.3) is 11.8 Å². The van der Waals surface area contributed by atoms with Gasteiger partial charge in [-0.05, 0) is 0 Å². The van der Waals surface area contributed by atoms with Gasteiger partial charge in [0.2, 0.25) is 0 Å². The minimum atomic E-state index is -0.845. The number of carbonyl (C=O) groups excluding carboxylic acids is 2. The lowest BCUT2D eigenvalue weighted by Crippen LogP contribution is -2.28. The van der Waals surface area contributed by atoms with Gasteiger partial charge in [-0.25, -0.2) is 0 Å². The number of imide groups is 1. The highest BCUT2D eigenvalue weighted by molar-refractivity contribution is 6.34. The van der Waals surface area contributed by atoms with Gasteiger partial charge in [-0.2, -0.15) is 0 Å². The molecule has 0 bridgehead atoms. The first-order valence-corrected chi connectivity index (χ1v) is 3.86. The molecule has 2 aliphatic rings. The molecule has 2 N–H and O–H groups in total. The number of allylic oxidation sites excluding steroid dienone is 1. The van der Waals surface area contributed by atoms with Gasteiger partial charge < -0.3 is 5.21 Å². The van der Waals surface area contributed by atoms with Crippen molar-refractivity contribution in [3.8, 4) is 0 Å². The van der Waals surface area contributed by atoms with Gasteiger partial charge in [-0.1, -0.05) is 17.3 Å². The van der Waals surface area contributed by atoms with E-state index < -0.39 is 11.8 Å². The van der Waals surface area contributed by atoms with E-state index in [1.807, 2.05) is 0 Å². The van der Waals surface area contributed by atoms with Crippen molar-refractivity contribution in [3.63, 3.8) is 0 Å². The summed E-state index contributed by atoms with van der Waals surface area (Å²) in [7, 11) is 0. The van der Waals surface area contributed by atoms with Crippen molar-refractivity contribution in [2.75, 3.05) is 0 Å². The van der Waals surface area contributed by atoms with Crippen LogP contribution < -0.4 is 0 Å². The molecule has 0 spiro atoms. The molecular formula is C8H6N2O4. The molecule has 0 aromatic heterocycles. The fraction of sp³-hybridized carbons (Fsp3) is 0.125. The molecule has 0 aromatic carbocycles. The van der Waals surface area contributed by atoms with E-state index in [2.05, 4.69) is 5.16 Å². The van der Waals surface area contributed by atoms with Crippen LogP contribution in [0.15, 0.2) is 28.5 Å². The van der Waals surface area contributed by atoms with Crippen LogP contribution in [0.25, 0.3) is 0 Å². The maximum absolute atomic E-state index is 11.3. The second-order valence-corrected chi connectivity index (χ2v) is 2.86. The minimum absolute atomic E-state index is 0.0194. The molecule has 2 rings (SSSR count). The molecule has 6 nitrogen and oxygen atoms in total. The lowest BCUT2D eigenvalue weighted by molar-refractivity contribution is -0.169. The van der Waals surface area contributed by atoms with Crippen molar-refractivity contribution in [2.45, 2.75) is 6.42 Å². The fourth-order valence-electron chi connectivity index (χ4n) is 1.45. The Kier molecular flexibility index (Phi) is 1.71. The highest BCUT2D eigenvalue weighted by Gasteiger charge is 2.40. The predicted molar refractivity (Wildman–Crippen MR) is 43.6 cm³/mol. The Morgan fingerprint density at radius 1 is 1.36 bits per heavy atom. The summed E-state index contributed by atoms with van der Waals surface area (Å²) in [6, 6.07) is 0. The van der Waals surface area contributed by atoms with E-state index in [4.69, 9.17) is 10.4 Å². The summed E-state index contributed by atoms with van der Waals surface area (Å²) in [5, 5.41) is 20.5. The van der Waals surface area contributed by atoms with Crippen LogP contribution in [0.4, 0.5) is 0 Å². The third-order valence-electron chi connectivity index (χ3n) is 2.10. The Hall–Kier alpha value is -1.95. The Morgan fingerprint density at radius 3 is 2.71 bits per heavy atom. The third kappa shape index (κ3) is 0.912. The van der Waals surface area contributed by atoms with Crippen LogP contribution in [0.3, 0.4) is 0 Å². The number of nitrogens with zero attached hydrogens (tertiary/aromatic N) is 2. The number of hydrogen-bond donors (Lipinski definition) is 2. The van der Waals surface area contributed by atoms with Crippen molar-refractivity contribution in [1.29, 1.82) is 0 Å². The van der Waals surface area contributed by atoms with Crippen LogP contribution >= 0.6 is 0 Å². The van der Waals surface area contributed by atoms with E-state index in [-0.39, 0.29) is 28.3 Å². The van der Waals surface area contributed by atoms with E-state index >= 15 is 0 Å². The first-order chi connectivity index (χ1) is 6.66. The summed E-state index contributed by atoms with van der Waals surface area (Å²) < 4.78 is 0. The van der Waals surface area contributed by atoms with Crippen molar-refractivity contribution in [3.05, 3.63) is 23.3 Å². The summed E-state index contributed by atoms with van der Waals surface area (Å²) in [6.45, 7) is 0. The number of amides is 2. The largest absolute Gasteiger partial charge is 0.411 e. The van der Waals surface area contributed by atoms with Crippen LogP contribution in [0.5, 0.6) is 0 Å². The number of hydrogen-bond acceptors (Lipinski definition) is 5. The Bertz CT molecular complexity index is 419. The average molecular weight is 194 g/mol. The monoisotopic (exact) mass is 194 g/mol. The number of carbonyl (C=O) groups is 2. The van der Waals surface area contributed by atoms with Gasteiger partial charge in [0.15, 0.2) is 0 Å².